The summed E-state index contributed by atoms with van der Waals surface area (Å²) in [5.74, 6) is 0.385. The summed E-state index contributed by atoms with van der Waals surface area (Å²) in [4.78, 5) is 14.3. The predicted octanol–water partition coefficient (Wildman–Crippen LogP) is 2.28. The van der Waals surface area contributed by atoms with Gasteiger partial charge in [0.2, 0.25) is 0 Å². The van der Waals surface area contributed by atoms with Gasteiger partial charge in [0.15, 0.2) is 0 Å². The number of aliphatic hydroxyl groups excluding tert-OH is 1. The molecule has 0 bridgehead atoms. The molecule has 2 rings (SSSR count). The Morgan fingerprint density at radius 2 is 1.92 bits per heavy atom. The van der Waals surface area contributed by atoms with Crippen molar-refractivity contribution >= 4 is 6.03 Å². The van der Waals surface area contributed by atoms with Crippen molar-refractivity contribution in [3.05, 3.63) is 53.3 Å². The lowest BCUT2D eigenvalue weighted by molar-refractivity contribution is 0.187. The summed E-state index contributed by atoms with van der Waals surface area (Å²) in [5.41, 5.74) is 2.88. The molecule has 2 N–H and O–H groups in total. The minimum Gasteiger partial charge on any atom is -0.392 e. The van der Waals surface area contributed by atoms with Gasteiger partial charge >= 0.3 is 6.03 Å². The number of nitrogens with zero attached hydrogens (tertiary/aromatic N) is 3. The highest BCUT2D eigenvalue weighted by molar-refractivity contribution is 5.74. The molecule has 0 unspecified atom stereocenters. The van der Waals surface area contributed by atoms with Crippen LogP contribution in [0, 0.1) is 5.92 Å². The molecule has 0 saturated carbocycles. The van der Waals surface area contributed by atoms with E-state index in [1.54, 1.807) is 10.9 Å². The number of carbonyl (C=O) groups is 1. The Bertz CT molecular complexity index is 649. The lowest BCUT2D eigenvalue weighted by Crippen LogP contribution is -2.41. The first-order chi connectivity index (χ1) is 11.5. The first kappa shape index (κ1) is 18.0. The zero-order valence-corrected chi connectivity index (χ0v) is 14.6. The number of rotatable bonds is 7. The number of nitrogens with one attached hydrogen (secondary N) is 1. The standard InChI is InChI=1S/C18H26N4O2/c1-14(2)10-22(12-17-9-20-21(3)11-17)18(24)19-8-15-4-6-16(13-23)7-5-15/h4-7,9,11,14,23H,8,10,12-13H2,1-3H3,(H,19,24). The average Bonchev–Trinajstić information content (AvgIpc) is 2.97. The summed E-state index contributed by atoms with van der Waals surface area (Å²) in [6, 6.07) is 7.48. The van der Waals surface area contributed by atoms with Gasteiger partial charge in [-0.2, -0.15) is 5.10 Å². The Kier molecular flexibility index (Phi) is 6.37. The van der Waals surface area contributed by atoms with Gasteiger partial charge in [0.1, 0.15) is 0 Å². The smallest absolute Gasteiger partial charge is 0.317 e. The molecule has 6 heteroatoms. The number of aryl methyl sites for hydroxylation is 1. The number of carbonyl (C=O) groups excluding carboxylic acids is 1. The van der Waals surface area contributed by atoms with Crippen LogP contribution in [0.25, 0.3) is 0 Å². The van der Waals surface area contributed by atoms with E-state index in [4.69, 9.17) is 5.11 Å². The summed E-state index contributed by atoms with van der Waals surface area (Å²) in [5, 5.41) is 16.2. The summed E-state index contributed by atoms with van der Waals surface area (Å²) < 4.78 is 1.74. The normalized spacial score (nSPS) is 10.9. The van der Waals surface area contributed by atoms with Crippen molar-refractivity contribution < 1.29 is 9.90 Å². The summed E-state index contributed by atoms with van der Waals surface area (Å²) >= 11 is 0. The predicted molar refractivity (Wildman–Crippen MR) is 93.1 cm³/mol. The van der Waals surface area contributed by atoms with Crippen molar-refractivity contribution in [3.63, 3.8) is 0 Å². The van der Waals surface area contributed by atoms with E-state index in [1.165, 1.54) is 0 Å². The third kappa shape index (κ3) is 5.38. The molecule has 0 spiro atoms. The van der Waals surface area contributed by atoms with Gasteiger partial charge in [-0.15, -0.1) is 0 Å². The number of aliphatic hydroxyl groups is 1. The van der Waals surface area contributed by atoms with E-state index < -0.39 is 0 Å². The van der Waals surface area contributed by atoms with Crippen molar-refractivity contribution in [2.75, 3.05) is 6.54 Å². The number of hydrogen-bond donors (Lipinski definition) is 2. The summed E-state index contributed by atoms with van der Waals surface area (Å²) in [7, 11) is 1.87. The van der Waals surface area contributed by atoms with Crippen LogP contribution in [0.3, 0.4) is 0 Å². The van der Waals surface area contributed by atoms with Crippen molar-refractivity contribution in [1.82, 2.24) is 20.0 Å². The van der Waals surface area contributed by atoms with Crippen LogP contribution in [-0.4, -0.2) is 32.4 Å². The Morgan fingerprint density at radius 1 is 1.25 bits per heavy atom. The molecule has 1 aromatic carbocycles. The van der Waals surface area contributed by atoms with Gasteiger partial charge in [0.05, 0.1) is 19.3 Å². The van der Waals surface area contributed by atoms with Crippen LogP contribution in [-0.2, 0) is 26.7 Å². The minimum atomic E-state index is -0.0845. The van der Waals surface area contributed by atoms with E-state index in [-0.39, 0.29) is 12.6 Å². The van der Waals surface area contributed by atoms with Crippen molar-refractivity contribution in [1.29, 1.82) is 0 Å². The van der Waals surface area contributed by atoms with Crippen molar-refractivity contribution in [3.8, 4) is 0 Å². The lowest BCUT2D eigenvalue weighted by Gasteiger charge is -2.24. The highest BCUT2D eigenvalue weighted by atomic mass is 16.3. The van der Waals surface area contributed by atoms with E-state index in [1.807, 2.05) is 42.4 Å². The van der Waals surface area contributed by atoms with Crippen LogP contribution in [0.2, 0.25) is 0 Å². The SMILES string of the molecule is CC(C)CN(Cc1cnn(C)c1)C(=O)NCc1ccc(CO)cc1. The molecule has 130 valence electrons. The van der Waals surface area contributed by atoms with Crippen LogP contribution < -0.4 is 5.32 Å². The maximum Gasteiger partial charge on any atom is 0.317 e. The topological polar surface area (TPSA) is 70.4 Å². The van der Waals surface area contributed by atoms with Crippen LogP contribution in [0.5, 0.6) is 0 Å². The Hall–Kier alpha value is -2.34. The number of benzene rings is 1. The van der Waals surface area contributed by atoms with Crippen molar-refractivity contribution in [2.24, 2.45) is 13.0 Å². The van der Waals surface area contributed by atoms with Gasteiger partial charge in [-0.05, 0) is 17.0 Å². The van der Waals surface area contributed by atoms with Gasteiger partial charge in [0.25, 0.3) is 0 Å². The molecule has 0 aliphatic heterocycles. The molecule has 1 heterocycles. The molecule has 0 saturated heterocycles. The van der Waals surface area contributed by atoms with Crippen LogP contribution in [0.15, 0.2) is 36.7 Å². The second-order valence-electron chi connectivity index (χ2n) is 6.43. The van der Waals surface area contributed by atoms with E-state index in [0.717, 1.165) is 16.7 Å². The third-order valence-electron chi connectivity index (χ3n) is 3.65. The fourth-order valence-corrected chi connectivity index (χ4v) is 2.49. The molecule has 0 fully saturated rings. The molecular formula is C18H26N4O2. The first-order valence-electron chi connectivity index (χ1n) is 8.17. The fourth-order valence-electron chi connectivity index (χ4n) is 2.49. The molecule has 0 aliphatic carbocycles. The number of hydrogen-bond acceptors (Lipinski definition) is 3. The first-order valence-corrected chi connectivity index (χ1v) is 8.17. The van der Waals surface area contributed by atoms with Crippen LogP contribution in [0.1, 0.15) is 30.5 Å². The highest BCUT2D eigenvalue weighted by Crippen LogP contribution is 2.08. The molecule has 0 aliphatic rings. The zero-order chi connectivity index (χ0) is 17.5. The molecule has 6 nitrogen and oxygen atoms in total. The molecule has 2 aromatic rings. The molecule has 0 radical (unpaired) electrons. The second-order valence-corrected chi connectivity index (χ2v) is 6.43. The van der Waals surface area contributed by atoms with Crippen molar-refractivity contribution in [2.45, 2.75) is 33.5 Å². The largest absolute Gasteiger partial charge is 0.392 e. The molecule has 24 heavy (non-hydrogen) atoms. The fraction of sp³-hybridized carbons (Fsp3) is 0.444. The Labute approximate surface area is 143 Å². The molecule has 2 amide bonds. The van der Waals surface area contributed by atoms with Gasteiger partial charge in [-0.25, -0.2) is 4.79 Å². The summed E-state index contributed by atoms with van der Waals surface area (Å²) in [6.45, 7) is 5.91. The third-order valence-corrected chi connectivity index (χ3v) is 3.65. The highest BCUT2D eigenvalue weighted by Gasteiger charge is 2.16. The van der Waals surface area contributed by atoms with E-state index in [9.17, 15) is 4.79 Å². The number of urea groups is 1. The maximum atomic E-state index is 12.5. The molecular weight excluding hydrogens is 304 g/mol. The monoisotopic (exact) mass is 330 g/mol. The van der Waals surface area contributed by atoms with Gasteiger partial charge in [-0.1, -0.05) is 38.1 Å². The van der Waals surface area contributed by atoms with Gasteiger partial charge in [0, 0.05) is 31.9 Å². The Morgan fingerprint density at radius 3 is 2.46 bits per heavy atom. The van der Waals surface area contributed by atoms with E-state index >= 15 is 0 Å². The van der Waals surface area contributed by atoms with Gasteiger partial charge < -0.3 is 15.3 Å². The lowest BCUT2D eigenvalue weighted by atomic mass is 10.1. The number of aromatic nitrogens is 2. The molecule has 0 atom stereocenters. The van der Waals surface area contributed by atoms with E-state index in [0.29, 0.717) is 25.6 Å². The minimum absolute atomic E-state index is 0.0277. The van der Waals surface area contributed by atoms with Crippen LogP contribution in [0.4, 0.5) is 4.79 Å². The van der Waals surface area contributed by atoms with E-state index in [2.05, 4.69) is 24.3 Å². The Balaban J connectivity index is 1.95. The zero-order valence-electron chi connectivity index (χ0n) is 14.6. The molecule has 1 aromatic heterocycles. The second kappa shape index (κ2) is 8.49. The van der Waals surface area contributed by atoms with Crippen LogP contribution >= 0.6 is 0 Å². The number of amides is 2. The maximum absolute atomic E-state index is 12.5. The average molecular weight is 330 g/mol. The quantitative estimate of drug-likeness (QED) is 0.818. The van der Waals surface area contributed by atoms with Gasteiger partial charge in [-0.3, -0.25) is 4.68 Å². The summed E-state index contributed by atoms with van der Waals surface area (Å²) in [6.07, 6.45) is 3.71.